The first-order valence-corrected chi connectivity index (χ1v) is 9.64. The summed E-state index contributed by atoms with van der Waals surface area (Å²) in [4.78, 5) is 0.323. The summed E-state index contributed by atoms with van der Waals surface area (Å²) in [5, 5.41) is 6.95. The van der Waals surface area contributed by atoms with Crippen molar-refractivity contribution in [2.24, 2.45) is 0 Å². The molecule has 1 aromatic heterocycles. The summed E-state index contributed by atoms with van der Waals surface area (Å²) in [6.07, 6.45) is 0. The fourth-order valence-electron chi connectivity index (χ4n) is 2.99. The molecule has 0 fully saturated rings. The van der Waals surface area contributed by atoms with E-state index >= 15 is 0 Å². The van der Waals surface area contributed by atoms with E-state index in [1.807, 2.05) is 39.8 Å². The molecule has 0 spiro atoms. The molecule has 2 aromatic carbocycles. The summed E-state index contributed by atoms with van der Waals surface area (Å²) in [5.41, 5.74) is 3.78. The van der Waals surface area contributed by atoms with Gasteiger partial charge in [-0.25, -0.2) is 8.42 Å². The number of anilines is 3. The lowest BCUT2D eigenvalue weighted by Crippen LogP contribution is -2.16. The maximum atomic E-state index is 12.8. The van der Waals surface area contributed by atoms with Crippen LogP contribution in [0.2, 0.25) is 0 Å². The van der Waals surface area contributed by atoms with Crippen LogP contribution in [0.1, 0.15) is 22.5 Å². The van der Waals surface area contributed by atoms with Crippen LogP contribution < -0.4 is 10.0 Å². The van der Waals surface area contributed by atoms with Gasteiger partial charge in [0, 0.05) is 17.4 Å². The lowest BCUT2D eigenvalue weighted by Gasteiger charge is -2.14. The van der Waals surface area contributed by atoms with E-state index in [1.54, 1.807) is 30.3 Å². The largest absolute Gasteiger partial charge is 0.360 e. The first-order valence-electron chi connectivity index (χ1n) is 8.16. The molecule has 1 heterocycles. The first kappa shape index (κ1) is 18.0. The summed E-state index contributed by atoms with van der Waals surface area (Å²) >= 11 is 0. The van der Waals surface area contributed by atoms with Crippen LogP contribution in [0.5, 0.6) is 0 Å². The Labute approximate surface area is 153 Å². The quantitative estimate of drug-likeness (QED) is 0.692. The molecule has 0 aliphatic carbocycles. The van der Waals surface area contributed by atoms with Crippen molar-refractivity contribution >= 4 is 27.2 Å². The summed E-state index contributed by atoms with van der Waals surface area (Å²) in [6, 6.07) is 12.5. The average Bonchev–Trinajstić information content (AvgIpc) is 2.92. The van der Waals surface area contributed by atoms with Gasteiger partial charge in [0.25, 0.3) is 10.0 Å². The monoisotopic (exact) mass is 371 g/mol. The van der Waals surface area contributed by atoms with E-state index in [2.05, 4.69) is 15.2 Å². The second-order valence-electron chi connectivity index (χ2n) is 6.36. The summed E-state index contributed by atoms with van der Waals surface area (Å²) in [7, 11) is -3.66. The molecule has 0 saturated carbocycles. The molecule has 0 aliphatic heterocycles. The molecular formula is C19H21N3O3S. The van der Waals surface area contributed by atoms with Crippen LogP contribution in [0.15, 0.2) is 51.9 Å². The molecule has 0 amide bonds. The van der Waals surface area contributed by atoms with Crippen LogP contribution in [-0.2, 0) is 10.0 Å². The van der Waals surface area contributed by atoms with Crippen molar-refractivity contribution in [3.8, 4) is 0 Å². The molecule has 3 rings (SSSR count). The molecule has 0 aliphatic rings. The van der Waals surface area contributed by atoms with Crippen molar-refractivity contribution in [1.29, 1.82) is 0 Å². The van der Waals surface area contributed by atoms with Crippen LogP contribution in [0.4, 0.5) is 17.2 Å². The minimum atomic E-state index is -3.66. The molecule has 136 valence electrons. The van der Waals surface area contributed by atoms with Crippen molar-refractivity contribution in [1.82, 2.24) is 5.16 Å². The van der Waals surface area contributed by atoms with Gasteiger partial charge in [0.2, 0.25) is 0 Å². The van der Waals surface area contributed by atoms with Gasteiger partial charge in [0.1, 0.15) is 5.76 Å². The number of nitrogens with zero attached hydrogens (tertiary/aromatic N) is 1. The highest BCUT2D eigenvalue weighted by atomic mass is 32.2. The summed E-state index contributed by atoms with van der Waals surface area (Å²) in [6.45, 7) is 7.37. The Balaban J connectivity index is 1.80. The van der Waals surface area contributed by atoms with Crippen LogP contribution in [-0.4, -0.2) is 13.6 Å². The van der Waals surface area contributed by atoms with Gasteiger partial charge < -0.3 is 9.84 Å². The van der Waals surface area contributed by atoms with E-state index in [1.165, 1.54) is 0 Å². The van der Waals surface area contributed by atoms with Crippen LogP contribution in [0.3, 0.4) is 0 Å². The average molecular weight is 371 g/mol. The van der Waals surface area contributed by atoms with E-state index in [0.717, 1.165) is 22.4 Å². The van der Waals surface area contributed by atoms with Crippen LogP contribution in [0.25, 0.3) is 0 Å². The van der Waals surface area contributed by atoms with E-state index in [0.29, 0.717) is 22.2 Å². The van der Waals surface area contributed by atoms with Gasteiger partial charge in [-0.1, -0.05) is 22.9 Å². The Morgan fingerprint density at radius 1 is 0.885 bits per heavy atom. The molecule has 26 heavy (non-hydrogen) atoms. The highest BCUT2D eigenvalue weighted by Gasteiger charge is 2.20. The molecule has 0 bridgehead atoms. The van der Waals surface area contributed by atoms with Gasteiger partial charge in [-0.2, -0.15) is 0 Å². The maximum Gasteiger partial charge on any atom is 0.262 e. The molecule has 6 nitrogen and oxygen atoms in total. The highest BCUT2D eigenvalue weighted by Crippen LogP contribution is 2.25. The second-order valence-corrected chi connectivity index (χ2v) is 7.98. The third-order valence-corrected chi connectivity index (χ3v) is 5.60. The number of aryl methyl sites for hydroxylation is 4. The minimum absolute atomic E-state index is 0.323. The second kappa shape index (κ2) is 6.84. The zero-order valence-corrected chi connectivity index (χ0v) is 15.9. The van der Waals surface area contributed by atoms with Gasteiger partial charge in [-0.05, 0) is 63.1 Å². The molecular weight excluding hydrogens is 350 g/mol. The van der Waals surface area contributed by atoms with E-state index in [9.17, 15) is 8.42 Å². The number of hydrogen-bond donors (Lipinski definition) is 2. The zero-order valence-electron chi connectivity index (χ0n) is 15.1. The van der Waals surface area contributed by atoms with Gasteiger partial charge in [0.15, 0.2) is 5.82 Å². The number of sulfonamides is 1. The van der Waals surface area contributed by atoms with Crippen molar-refractivity contribution in [2.45, 2.75) is 32.6 Å². The Kier molecular flexibility index (Phi) is 4.73. The number of nitrogens with one attached hydrogen (secondary N) is 2. The molecule has 0 unspecified atom stereocenters. The van der Waals surface area contributed by atoms with E-state index in [4.69, 9.17) is 4.52 Å². The maximum absolute atomic E-state index is 12.8. The molecule has 0 radical (unpaired) electrons. The van der Waals surface area contributed by atoms with Crippen molar-refractivity contribution in [3.63, 3.8) is 0 Å². The van der Waals surface area contributed by atoms with Gasteiger partial charge in [-0.15, -0.1) is 0 Å². The van der Waals surface area contributed by atoms with Gasteiger partial charge >= 0.3 is 0 Å². The molecule has 0 saturated heterocycles. The minimum Gasteiger partial charge on any atom is -0.360 e. The predicted octanol–water partition coefficient (Wildman–Crippen LogP) is 4.45. The Hall–Kier alpha value is -2.80. The lowest BCUT2D eigenvalue weighted by atomic mass is 10.1. The van der Waals surface area contributed by atoms with Crippen molar-refractivity contribution in [3.05, 3.63) is 64.9 Å². The number of rotatable bonds is 5. The Morgan fingerprint density at radius 2 is 1.46 bits per heavy atom. The van der Waals surface area contributed by atoms with Crippen LogP contribution >= 0.6 is 0 Å². The smallest absolute Gasteiger partial charge is 0.262 e. The SMILES string of the molecule is Cc1cc(C)c(S(=O)(=O)Nc2ccc(Nc3cc(C)on3)cc2)c(C)c1. The standard InChI is InChI=1S/C19H21N3O3S/c1-12-9-13(2)19(14(3)10-12)26(23,24)22-17-7-5-16(6-8-17)20-18-11-15(4)25-21-18/h5-11,22H,1-4H3,(H,20,21). The van der Waals surface area contributed by atoms with E-state index in [-0.39, 0.29) is 0 Å². The van der Waals surface area contributed by atoms with Gasteiger partial charge in [0.05, 0.1) is 4.90 Å². The summed E-state index contributed by atoms with van der Waals surface area (Å²) in [5.74, 6) is 1.31. The van der Waals surface area contributed by atoms with Crippen LogP contribution in [0, 0.1) is 27.7 Å². The number of benzene rings is 2. The predicted molar refractivity (Wildman–Crippen MR) is 102 cm³/mol. The number of aromatic nitrogens is 1. The highest BCUT2D eigenvalue weighted by molar-refractivity contribution is 7.92. The van der Waals surface area contributed by atoms with Crippen molar-refractivity contribution in [2.75, 3.05) is 10.0 Å². The fraction of sp³-hybridized carbons (Fsp3) is 0.211. The van der Waals surface area contributed by atoms with Gasteiger partial charge in [-0.3, -0.25) is 4.72 Å². The van der Waals surface area contributed by atoms with E-state index < -0.39 is 10.0 Å². The lowest BCUT2D eigenvalue weighted by molar-refractivity contribution is 0.400. The van der Waals surface area contributed by atoms with Crippen molar-refractivity contribution < 1.29 is 12.9 Å². The topological polar surface area (TPSA) is 84.2 Å². The third-order valence-electron chi connectivity index (χ3n) is 3.91. The molecule has 2 N–H and O–H groups in total. The molecule has 7 heteroatoms. The molecule has 3 aromatic rings. The zero-order chi connectivity index (χ0) is 18.9. The third kappa shape index (κ3) is 3.88. The Bertz CT molecular complexity index is 1020. The normalized spacial score (nSPS) is 11.4. The first-order chi connectivity index (χ1) is 12.2. The molecule has 0 atom stereocenters. The Morgan fingerprint density at radius 3 is 2.00 bits per heavy atom. The fourth-order valence-corrected chi connectivity index (χ4v) is 4.51. The number of hydrogen-bond acceptors (Lipinski definition) is 5. The summed E-state index contributed by atoms with van der Waals surface area (Å²) < 4.78 is 33.2.